The van der Waals surface area contributed by atoms with E-state index in [1.165, 1.54) is 4.31 Å². The Bertz CT molecular complexity index is 493. The van der Waals surface area contributed by atoms with Gasteiger partial charge in [-0.15, -0.1) is 0 Å². The summed E-state index contributed by atoms with van der Waals surface area (Å²) >= 11 is 0. The van der Waals surface area contributed by atoms with Crippen molar-refractivity contribution < 1.29 is 8.42 Å². The number of para-hydroxylation sites is 1. The normalized spacial score (nSPS) is 23.2. The minimum Gasteiger partial charge on any atom is -0.273 e. The van der Waals surface area contributed by atoms with Crippen molar-refractivity contribution in [1.29, 1.82) is 0 Å². The van der Waals surface area contributed by atoms with Crippen LogP contribution in [-0.4, -0.2) is 20.7 Å². The fraction of sp³-hybridized carbons (Fsp3) is 0.500. The average molecular weight is 239 g/mol. The predicted octanol–water partition coefficient (Wildman–Crippen LogP) is 2.03. The van der Waals surface area contributed by atoms with Crippen molar-refractivity contribution in [3.05, 3.63) is 29.8 Å². The zero-order chi connectivity index (χ0) is 11.9. The number of hydrogen-bond donors (Lipinski definition) is 0. The molecule has 1 aromatic rings. The van der Waals surface area contributed by atoms with E-state index in [9.17, 15) is 8.42 Å². The molecule has 2 rings (SSSR count). The highest BCUT2D eigenvalue weighted by molar-refractivity contribution is 7.93. The molecular weight excluding hydrogens is 222 g/mol. The molecule has 0 spiro atoms. The van der Waals surface area contributed by atoms with Crippen LogP contribution in [0.4, 0.5) is 5.69 Å². The van der Waals surface area contributed by atoms with Gasteiger partial charge < -0.3 is 0 Å². The first kappa shape index (κ1) is 11.5. The molecule has 0 bridgehead atoms. The number of fused-ring (bicyclic) bond motifs is 1. The van der Waals surface area contributed by atoms with Gasteiger partial charge in [-0.1, -0.05) is 32.0 Å². The summed E-state index contributed by atoms with van der Waals surface area (Å²) in [6, 6.07) is 7.71. The van der Waals surface area contributed by atoms with Gasteiger partial charge in [-0.2, -0.15) is 0 Å². The highest BCUT2D eigenvalue weighted by atomic mass is 32.2. The van der Waals surface area contributed by atoms with Gasteiger partial charge in [-0.25, -0.2) is 8.42 Å². The molecule has 1 aliphatic heterocycles. The van der Waals surface area contributed by atoms with E-state index in [0.29, 0.717) is 6.42 Å². The molecule has 88 valence electrons. The quantitative estimate of drug-likeness (QED) is 0.752. The molecule has 0 N–H and O–H groups in total. The van der Waals surface area contributed by atoms with E-state index in [1.807, 2.05) is 38.1 Å². The molecule has 16 heavy (non-hydrogen) atoms. The summed E-state index contributed by atoms with van der Waals surface area (Å²) in [7, 11) is -1.54. The lowest BCUT2D eigenvalue weighted by Crippen LogP contribution is -2.44. The Morgan fingerprint density at radius 3 is 2.56 bits per heavy atom. The van der Waals surface area contributed by atoms with Crippen LogP contribution in [0.2, 0.25) is 0 Å². The highest BCUT2D eigenvalue weighted by Crippen LogP contribution is 2.34. The largest absolute Gasteiger partial charge is 0.273 e. The van der Waals surface area contributed by atoms with Crippen molar-refractivity contribution in [3.63, 3.8) is 0 Å². The second kappa shape index (κ2) is 3.77. The number of anilines is 1. The lowest BCUT2D eigenvalue weighted by Gasteiger charge is -2.34. The smallest absolute Gasteiger partial charge is 0.238 e. The average Bonchev–Trinajstić information content (AvgIpc) is 2.23. The van der Waals surface area contributed by atoms with E-state index >= 15 is 0 Å². The molecule has 0 aromatic heterocycles. The summed E-state index contributed by atoms with van der Waals surface area (Å²) in [6.07, 6.45) is 0.626. The summed E-state index contributed by atoms with van der Waals surface area (Å²) in [5.41, 5.74) is 1.94. The third kappa shape index (κ3) is 1.61. The van der Waals surface area contributed by atoms with Crippen LogP contribution in [0.3, 0.4) is 0 Å². The van der Waals surface area contributed by atoms with Crippen LogP contribution in [-0.2, 0) is 16.4 Å². The van der Waals surface area contributed by atoms with E-state index in [2.05, 4.69) is 0 Å². The van der Waals surface area contributed by atoms with Crippen LogP contribution >= 0.6 is 0 Å². The third-order valence-corrected chi connectivity index (χ3v) is 5.70. The van der Waals surface area contributed by atoms with Crippen LogP contribution in [0, 0.1) is 5.92 Å². The Morgan fingerprint density at radius 1 is 1.31 bits per heavy atom. The lowest BCUT2D eigenvalue weighted by molar-refractivity contribution is 0.521. The summed E-state index contributed by atoms with van der Waals surface area (Å²) in [5, 5.41) is -0.299. The van der Waals surface area contributed by atoms with Gasteiger partial charge in [0, 0.05) is 7.05 Å². The fourth-order valence-electron chi connectivity index (χ4n) is 2.23. The molecule has 0 aliphatic carbocycles. The van der Waals surface area contributed by atoms with Crippen molar-refractivity contribution in [3.8, 4) is 0 Å². The van der Waals surface area contributed by atoms with E-state index in [-0.39, 0.29) is 11.2 Å². The topological polar surface area (TPSA) is 37.4 Å². The summed E-state index contributed by atoms with van der Waals surface area (Å²) in [6.45, 7) is 3.92. The summed E-state index contributed by atoms with van der Waals surface area (Å²) < 4.78 is 25.9. The zero-order valence-corrected chi connectivity index (χ0v) is 10.7. The predicted molar refractivity (Wildman–Crippen MR) is 66.1 cm³/mol. The van der Waals surface area contributed by atoms with Gasteiger partial charge in [0.15, 0.2) is 0 Å². The molecule has 0 saturated heterocycles. The molecule has 1 heterocycles. The Kier molecular flexibility index (Phi) is 2.70. The number of sulfonamides is 1. The first-order valence-corrected chi connectivity index (χ1v) is 7.00. The standard InChI is InChI=1S/C12H17NO2S/c1-9(2)12-8-10-6-4-5-7-11(10)13(3)16(12,14)15/h4-7,9,12H,8H2,1-3H3. The number of benzene rings is 1. The fourth-order valence-corrected chi connectivity index (χ4v) is 4.17. The van der Waals surface area contributed by atoms with Gasteiger partial charge >= 0.3 is 0 Å². The number of hydrogen-bond acceptors (Lipinski definition) is 2. The molecular formula is C12H17NO2S. The SMILES string of the molecule is CC(C)C1Cc2ccccc2N(C)S1(=O)=O. The van der Waals surface area contributed by atoms with Gasteiger partial charge in [0.05, 0.1) is 10.9 Å². The zero-order valence-electron chi connectivity index (χ0n) is 9.84. The van der Waals surface area contributed by atoms with Gasteiger partial charge in [0.1, 0.15) is 0 Å². The Morgan fingerprint density at radius 2 is 1.94 bits per heavy atom. The molecule has 1 aromatic carbocycles. The van der Waals surface area contributed by atoms with E-state index in [0.717, 1.165) is 11.3 Å². The molecule has 1 atom stereocenters. The van der Waals surface area contributed by atoms with Crippen molar-refractivity contribution in [2.24, 2.45) is 5.92 Å². The Balaban J connectivity index is 2.55. The van der Waals surface area contributed by atoms with Crippen LogP contribution in [0.15, 0.2) is 24.3 Å². The van der Waals surface area contributed by atoms with Crippen LogP contribution < -0.4 is 4.31 Å². The van der Waals surface area contributed by atoms with Crippen LogP contribution in [0.25, 0.3) is 0 Å². The number of rotatable bonds is 1. The first-order valence-electron chi connectivity index (χ1n) is 5.50. The molecule has 3 nitrogen and oxygen atoms in total. The molecule has 1 unspecified atom stereocenters. The van der Waals surface area contributed by atoms with Crippen molar-refractivity contribution in [1.82, 2.24) is 0 Å². The molecule has 0 radical (unpaired) electrons. The Labute approximate surface area is 97.1 Å². The third-order valence-electron chi connectivity index (χ3n) is 3.26. The minimum absolute atomic E-state index is 0.140. The molecule has 1 aliphatic rings. The van der Waals surface area contributed by atoms with Crippen molar-refractivity contribution in [2.45, 2.75) is 25.5 Å². The maximum Gasteiger partial charge on any atom is 0.238 e. The molecule has 0 saturated carbocycles. The highest BCUT2D eigenvalue weighted by Gasteiger charge is 2.37. The van der Waals surface area contributed by atoms with Crippen molar-refractivity contribution >= 4 is 15.7 Å². The summed E-state index contributed by atoms with van der Waals surface area (Å²) in [5.74, 6) is 0.140. The van der Waals surface area contributed by atoms with Crippen LogP contribution in [0.5, 0.6) is 0 Å². The maximum absolute atomic E-state index is 12.2. The van der Waals surface area contributed by atoms with Crippen LogP contribution in [0.1, 0.15) is 19.4 Å². The summed E-state index contributed by atoms with van der Waals surface area (Å²) in [4.78, 5) is 0. The van der Waals surface area contributed by atoms with E-state index < -0.39 is 10.0 Å². The second-order valence-electron chi connectivity index (χ2n) is 4.63. The first-order chi connectivity index (χ1) is 7.44. The monoisotopic (exact) mass is 239 g/mol. The van der Waals surface area contributed by atoms with Crippen molar-refractivity contribution in [2.75, 3.05) is 11.4 Å². The van der Waals surface area contributed by atoms with Gasteiger partial charge in [0.2, 0.25) is 10.0 Å². The Hall–Kier alpha value is -1.03. The van der Waals surface area contributed by atoms with E-state index in [4.69, 9.17) is 0 Å². The number of nitrogens with zero attached hydrogens (tertiary/aromatic N) is 1. The lowest BCUT2D eigenvalue weighted by atomic mass is 10.0. The molecule has 4 heteroatoms. The maximum atomic E-state index is 12.2. The van der Waals surface area contributed by atoms with Gasteiger partial charge in [-0.05, 0) is 24.0 Å². The molecule has 0 amide bonds. The van der Waals surface area contributed by atoms with Gasteiger partial charge in [0.25, 0.3) is 0 Å². The molecule has 0 fully saturated rings. The van der Waals surface area contributed by atoms with Gasteiger partial charge in [-0.3, -0.25) is 4.31 Å². The second-order valence-corrected chi connectivity index (χ2v) is 6.81. The minimum atomic E-state index is -3.18. The van der Waals surface area contributed by atoms with E-state index in [1.54, 1.807) is 7.05 Å².